The van der Waals surface area contributed by atoms with Gasteiger partial charge in [-0.25, -0.2) is 4.98 Å². The lowest BCUT2D eigenvalue weighted by Crippen LogP contribution is -1.93. The topological polar surface area (TPSA) is 36.7 Å². The van der Waals surface area contributed by atoms with E-state index in [1.807, 2.05) is 12.1 Å². The van der Waals surface area contributed by atoms with E-state index in [0.29, 0.717) is 11.6 Å². The zero-order chi connectivity index (χ0) is 9.10. The fourth-order valence-corrected chi connectivity index (χ4v) is 2.02. The van der Waals surface area contributed by atoms with E-state index in [4.69, 9.17) is 5.26 Å². The van der Waals surface area contributed by atoms with Gasteiger partial charge in [-0.2, -0.15) is 5.26 Å². The molecule has 1 saturated carbocycles. The van der Waals surface area contributed by atoms with E-state index in [9.17, 15) is 0 Å². The molecule has 1 aliphatic rings. The van der Waals surface area contributed by atoms with Crippen LogP contribution >= 0.6 is 0 Å². The van der Waals surface area contributed by atoms with E-state index >= 15 is 0 Å². The molecular weight excluding hydrogens is 160 g/mol. The lowest BCUT2D eigenvalue weighted by molar-refractivity contribution is 0.721. The van der Waals surface area contributed by atoms with E-state index in [1.54, 1.807) is 6.20 Å². The summed E-state index contributed by atoms with van der Waals surface area (Å²) in [7, 11) is 0. The van der Waals surface area contributed by atoms with Gasteiger partial charge < -0.3 is 0 Å². The van der Waals surface area contributed by atoms with E-state index in [0.717, 1.165) is 0 Å². The van der Waals surface area contributed by atoms with Crippen LogP contribution in [0.4, 0.5) is 0 Å². The number of hydrogen-bond donors (Lipinski definition) is 0. The number of rotatable bonds is 1. The van der Waals surface area contributed by atoms with Gasteiger partial charge in [0, 0.05) is 6.20 Å². The lowest BCUT2D eigenvalue weighted by atomic mass is 9.98. The van der Waals surface area contributed by atoms with Gasteiger partial charge >= 0.3 is 0 Å². The molecule has 0 amide bonds. The van der Waals surface area contributed by atoms with Crippen molar-refractivity contribution in [2.75, 3.05) is 0 Å². The van der Waals surface area contributed by atoms with Crippen LogP contribution in [0.3, 0.4) is 0 Å². The van der Waals surface area contributed by atoms with Gasteiger partial charge in [0.25, 0.3) is 0 Å². The van der Waals surface area contributed by atoms with Crippen LogP contribution in [-0.2, 0) is 0 Å². The predicted molar refractivity (Wildman–Crippen MR) is 50.2 cm³/mol. The minimum Gasteiger partial charge on any atom is -0.246 e. The van der Waals surface area contributed by atoms with Crippen molar-refractivity contribution in [3.63, 3.8) is 0 Å². The molecule has 0 aromatic carbocycles. The number of nitriles is 1. The molecule has 0 saturated heterocycles. The number of nitrogens with zero attached hydrogens (tertiary/aromatic N) is 2. The second kappa shape index (κ2) is 3.57. The molecule has 2 heteroatoms. The van der Waals surface area contributed by atoms with Crippen molar-refractivity contribution in [3.8, 4) is 6.07 Å². The monoisotopic (exact) mass is 172 g/mol. The second-order valence-corrected chi connectivity index (χ2v) is 3.57. The minimum atomic E-state index is 0.546. The van der Waals surface area contributed by atoms with E-state index < -0.39 is 0 Å². The van der Waals surface area contributed by atoms with Gasteiger partial charge in [0.1, 0.15) is 11.8 Å². The molecule has 66 valence electrons. The van der Waals surface area contributed by atoms with Crippen molar-refractivity contribution in [3.05, 3.63) is 29.6 Å². The molecule has 0 N–H and O–H groups in total. The van der Waals surface area contributed by atoms with Crippen molar-refractivity contribution < 1.29 is 0 Å². The van der Waals surface area contributed by atoms with Crippen LogP contribution in [-0.4, -0.2) is 4.98 Å². The van der Waals surface area contributed by atoms with Gasteiger partial charge in [-0.3, -0.25) is 0 Å². The molecule has 1 aromatic heterocycles. The Morgan fingerprint density at radius 2 is 2.15 bits per heavy atom. The smallest absolute Gasteiger partial charge is 0.140 e. The Bertz CT molecular complexity index is 332. The fourth-order valence-electron chi connectivity index (χ4n) is 2.02. The van der Waals surface area contributed by atoms with Crippen molar-refractivity contribution >= 4 is 0 Å². The minimum absolute atomic E-state index is 0.546. The average Bonchev–Trinajstić information content (AvgIpc) is 2.71. The summed E-state index contributed by atoms with van der Waals surface area (Å²) < 4.78 is 0. The van der Waals surface area contributed by atoms with Crippen LogP contribution in [0.2, 0.25) is 0 Å². The standard InChI is InChI=1S/C11H12N2/c12-8-11-7-10(5-6-13-11)9-3-1-2-4-9/h5-7,9H,1-4H2. The summed E-state index contributed by atoms with van der Waals surface area (Å²) in [4.78, 5) is 3.97. The quantitative estimate of drug-likeness (QED) is 0.652. The molecule has 1 heterocycles. The number of pyridine rings is 1. The highest BCUT2D eigenvalue weighted by Crippen LogP contribution is 2.33. The first-order chi connectivity index (χ1) is 6.40. The molecule has 1 aliphatic carbocycles. The Balaban J connectivity index is 2.25. The summed E-state index contributed by atoms with van der Waals surface area (Å²) in [5.41, 5.74) is 1.84. The normalized spacial score (nSPS) is 17.2. The second-order valence-electron chi connectivity index (χ2n) is 3.57. The molecule has 0 unspecified atom stereocenters. The summed E-state index contributed by atoms with van der Waals surface area (Å²) in [6.07, 6.45) is 6.94. The van der Waals surface area contributed by atoms with E-state index in [2.05, 4.69) is 11.1 Å². The van der Waals surface area contributed by atoms with Gasteiger partial charge in [-0.05, 0) is 36.5 Å². The molecular formula is C11H12N2. The largest absolute Gasteiger partial charge is 0.246 e. The summed E-state index contributed by atoms with van der Waals surface area (Å²) in [6.45, 7) is 0. The summed E-state index contributed by atoms with van der Waals surface area (Å²) in [5.74, 6) is 0.676. The Kier molecular flexibility index (Phi) is 2.27. The Labute approximate surface area is 78.2 Å². The Morgan fingerprint density at radius 1 is 1.38 bits per heavy atom. The van der Waals surface area contributed by atoms with Gasteiger partial charge in [-0.1, -0.05) is 12.8 Å². The van der Waals surface area contributed by atoms with Gasteiger partial charge in [0.05, 0.1) is 0 Å². The predicted octanol–water partition coefficient (Wildman–Crippen LogP) is 2.61. The molecule has 0 atom stereocenters. The van der Waals surface area contributed by atoms with Crippen LogP contribution in [0.25, 0.3) is 0 Å². The number of aromatic nitrogens is 1. The van der Waals surface area contributed by atoms with Crippen molar-refractivity contribution in [2.45, 2.75) is 31.6 Å². The van der Waals surface area contributed by atoms with Gasteiger partial charge in [0.15, 0.2) is 0 Å². The number of hydrogen-bond acceptors (Lipinski definition) is 2. The summed E-state index contributed by atoms with van der Waals surface area (Å²) in [5, 5.41) is 8.69. The van der Waals surface area contributed by atoms with Crippen molar-refractivity contribution in [1.29, 1.82) is 5.26 Å². The van der Waals surface area contributed by atoms with Crippen LogP contribution in [0.15, 0.2) is 18.3 Å². The molecule has 0 spiro atoms. The molecule has 0 radical (unpaired) electrons. The SMILES string of the molecule is N#Cc1cc(C2CCCC2)ccn1. The summed E-state index contributed by atoms with van der Waals surface area (Å²) >= 11 is 0. The van der Waals surface area contributed by atoms with Crippen molar-refractivity contribution in [2.24, 2.45) is 0 Å². The average molecular weight is 172 g/mol. The molecule has 2 rings (SSSR count). The third-order valence-corrected chi connectivity index (χ3v) is 2.73. The van der Waals surface area contributed by atoms with Crippen molar-refractivity contribution in [1.82, 2.24) is 4.98 Å². The molecule has 1 aromatic rings. The highest BCUT2D eigenvalue weighted by molar-refractivity contribution is 5.28. The molecule has 0 bridgehead atoms. The molecule has 13 heavy (non-hydrogen) atoms. The zero-order valence-corrected chi connectivity index (χ0v) is 7.53. The fraction of sp³-hybridized carbons (Fsp3) is 0.455. The van der Waals surface area contributed by atoms with Crippen LogP contribution in [0, 0.1) is 11.3 Å². The molecule has 1 fully saturated rings. The maximum atomic E-state index is 8.69. The maximum absolute atomic E-state index is 8.69. The third kappa shape index (κ3) is 1.70. The highest BCUT2D eigenvalue weighted by atomic mass is 14.7. The first-order valence-electron chi connectivity index (χ1n) is 4.76. The summed E-state index contributed by atoms with van der Waals surface area (Å²) in [6, 6.07) is 6.04. The maximum Gasteiger partial charge on any atom is 0.140 e. The third-order valence-electron chi connectivity index (χ3n) is 2.73. The molecule has 0 aliphatic heterocycles. The Morgan fingerprint density at radius 3 is 2.85 bits per heavy atom. The first-order valence-corrected chi connectivity index (χ1v) is 4.76. The first kappa shape index (κ1) is 8.25. The Hall–Kier alpha value is -1.36. The molecule has 2 nitrogen and oxygen atoms in total. The van der Waals surface area contributed by atoms with Crippen LogP contribution < -0.4 is 0 Å². The lowest BCUT2D eigenvalue weighted by Gasteiger charge is -2.08. The van der Waals surface area contributed by atoms with Gasteiger partial charge in [0.2, 0.25) is 0 Å². The van der Waals surface area contributed by atoms with Crippen LogP contribution in [0.1, 0.15) is 42.9 Å². The highest BCUT2D eigenvalue weighted by Gasteiger charge is 2.16. The zero-order valence-electron chi connectivity index (χ0n) is 7.53. The van der Waals surface area contributed by atoms with Crippen LogP contribution in [0.5, 0.6) is 0 Å². The van der Waals surface area contributed by atoms with E-state index in [1.165, 1.54) is 31.2 Å². The van der Waals surface area contributed by atoms with E-state index in [-0.39, 0.29) is 0 Å². The van der Waals surface area contributed by atoms with Gasteiger partial charge in [-0.15, -0.1) is 0 Å².